The van der Waals surface area contributed by atoms with Crippen LogP contribution in [0.15, 0.2) is 42.7 Å². The van der Waals surface area contributed by atoms with E-state index < -0.39 is 0 Å². The van der Waals surface area contributed by atoms with E-state index in [1.807, 2.05) is 22.9 Å². The average molecular weight is 356 g/mol. The molecule has 6 heteroatoms. The second-order valence-electron chi connectivity index (χ2n) is 7.22. The molecule has 0 aliphatic heterocycles. The molecular weight excluding hydrogens is 328 g/mol. The maximum atomic E-state index is 11.3. The minimum absolute atomic E-state index is 0.136. The quantitative estimate of drug-likeness (QED) is 0.575. The van der Waals surface area contributed by atoms with Crippen molar-refractivity contribution in [1.82, 2.24) is 14.8 Å². The third-order valence-corrected chi connectivity index (χ3v) is 5.36. The number of fused-ring (bicyclic) bond motifs is 1. The summed E-state index contributed by atoms with van der Waals surface area (Å²) in [5.74, 6) is 0. The maximum absolute atomic E-state index is 11.3. The first-order valence-electron chi connectivity index (χ1n) is 9.40. The van der Waals surface area contributed by atoms with Gasteiger partial charge in [0.1, 0.15) is 5.52 Å². The molecule has 1 aromatic heterocycles. The summed E-state index contributed by atoms with van der Waals surface area (Å²) in [6.07, 6.45) is 8.55. The Labute approximate surface area is 154 Å². The Morgan fingerprint density at radius 3 is 2.85 bits per heavy atom. The van der Waals surface area contributed by atoms with Crippen LogP contribution in [-0.2, 0) is 6.54 Å². The molecule has 1 heterocycles. The fraction of sp³-hybridized carbons (Fsp3) is 0.500. The first kappa shape index (κ1) is 18.5. The average Bonchev–Trinajstić information content (AvgIpc) is 3.05. The smallest absolute Gasteiger partial charge is 0.293 e. The van der Waals surface area contributed by atoms with Gasteiger partial charge < -0.3 is 14.8 Å². The molecule has 1 aromatic carbocycles. The minimum atomic E-state index is -0.325. The van der Waals surface area contributed by atoms with Gasteiger partial charge in [0.05, 0.1) is 11.5 Å². The number of likely N-dealkylation sites (N-methyl/N-ethyl adjacent to an activating group) is 1. The van der Waals surface area contributed by atoms with Crippen LogP contribution in [0.1, 0.15) is 32.1 Å². The van der Waals surface area contributed by atoms with E-state index in [-0.39, 0.29) is 10.6 Å². The van der Waals surface area contributed by atoms with Gasteiger partial charge in [0.25, 0.3) is 5.69 Å². The second kappa shape index (κ2) is 8.36. The normalized spacial score (nSPS) is 15.5. The van der Waals surface area contributed by atoms with Crippen molar-refractivity contribution in [3.63, 3.8) is 0 Å². The van der Waals surface area contributed by atoms with E-state index in [1.54, 1.807) is 12.1 Å². The number of allylic oxidation sites excluding steroid dienone is 1. The van der Waals surface area contributed by atoms with Crippen molar-refractivity contribution >= 4 is 16.6 Å². The van der Waals surface area contributed by atoms with Gasteiger partial charge in [-0.2, -0.15) is 0 Å². The molecule has 26 heavy (non-hydrogen) atoms. The summed E-state index contributed by atoms with van der Waals surface area (Å²) in [5, 5.41) is 15.6. The third kappa shape index (κ3) is 4.25. The summed E-state index contributed by atoms with van der Waals surface area (Å²) in [4.78, 5) is 13.4. The number of nitro benzene ring substituents is 1. The summed E-state index contributed by atoms with van der Waals surface area (Å²) in [5.41, 5.74) is 1.66. The van der Waals surface area contributed by atoms with Gasteiger partial charge in [-0.1, -0.05) is 38.0 Å². The van der Waals surface area contributed by atoms with E-state index in [4.69, 9.17) is 0 Å². The van der Waals surface area contributed by atoms with Crippen LogP contribution in [0.2, 0.25) is 0 Å². The summed E-state index contributed by atoms with van der Waals surface area (Å²) >= 11 is 0. The molecule has 0 unspecified atom stereocenters. The molecule has 0 saturated heterocycles. The van der Waals surface area contributed by atoms with Gasteiger partial charge >= 0.3 is 0 Å². The lowest BCUT2D eigenvalue weighted by molar-refractivity contribution is -0.383. The van der Waals surface area contributed by atoms with Crippen LogP contribution in [0.3, 0.4) is 0 Å². The number of nitro groups is 1. The van der Waals surface area contributed by atoms with E-state index in [0.29, 0.717) is 18.1 Å². The molecule has 0 amide bonds. The van der Waals surface area contributed by atoms with Gasteiger partial charge in [-0.15, -0.1) is 0 Å². The van der Waals surface area contributed by atoms with Crippen molar-refractivity contribution in [2.75, 3.05) is 20.1 Å². The Hall–Kier alpha value is -2.34. The monoisotopic (exact) mass is 356 g/mol. The number of para-hydroxylation sites is 1. The topological polar surface area (TPSA) is 63.3 Å². The molecule has 0 radical (unpaired) electrons. The second-order valence-corrected chi connectivity index (χ2v) is 7.22. The number of benzene rings is 1. The molecule has 0 spiro atoms. The molecule has 2 aromatic rings. The Balaban J connectivity index is 1.55. The third-order valence-electron chi connectivity index (χ3n) is 5.36. The van der Waals surface area contributed by atoms with Crippen LogP contribution < -0.4 is 5.32 Å². The fourth-order valence-electron chi connectivity index (χ4n) is 3.89. The molecule has 1 fully saturated rings. The standard InChI is InChI=1S/C20H28N4O2/c1-16(21-12-14-22(2)18-8-4-3-5-9-18)15-23-13-11-17-7-6-10-19(20(17)23)24(25)26/h6-7,10-11,13,18,21H,1,3-5,8-9,12,14-15H2,2H3. The van der Waals surface area contributed by atoms with E-state index >= 15 is 0 Å². The molecule has 1 aliphatic rings. The molecule has 6 nitrogen and oxygen atoms in total. The minimum Gasteiger partial charge on any atom is -0.386 e. The zero-order valence-corrected chi connectivity index (χ0v) is 15.5. The first-order valence-corrected chi connectivity index (χ1v) is 9.40. The van der Waals surface area contributed by atoms with Crippen LogP contribution in [-0.4, -0.2) is 40.6 Å². The predicted octanol–water partition coefficient (Wildman–Crippen LogP) is 3.92. The predicted molar refractivity (Wildman–Crippen MR) is 105 cm³/mol. The molecule has 1 N–H and O–H groups in total. The number of hydrogen-bond donors (Lipinski definition) is 1. The van der Waals surface area contributed by atoms with Crippen LogP contribution in [0.5, 0.6) is 0 Å². The van der Waals surface area contributed by atoms with Crippen molar-refractivity contribution in [3.05, 3.63) is 52.9 Å². The van der Waals surface area contributed by atoms with Gasteiger partial charge in [0.2, 0.25) is 0 Å². The van der Waals surface area contributed by atoms with Crippen LogP contribution >= 0.6 is 0 Å². The van der Waals surface area contributed by atoms with Crippen molar-refractivity contribution < 1.29 is 4.92 Å². The van der Waals surface area contributed by atoms with Crippen molar-refractivity contribution in [2.45, 2.75) is 44.7 Å². The summed E-state index contributed by atoms with van der Waals surface area (Å²) < 4.78 is 1.90. The van der Waals surface area contributed by atoms with Gasteiger partial charge in [-0.25, -0.2) is 0 Å². The highest BCUT2D eigenvalue weighted by atomic mass is 16.6. The summed E-state index contributed by atoms with van der Waals surface area (Å²) in [6.45, 7) is 6.45. The lowest BCUT2D eigenvalue weighted by Crippen LogP contribution is -2.38. The Kier molecular flexibility index (Phi) is 5.93. The lowest BCUT2D eigenvalue weighted by Gasteiger charge is -2.31. The van der Waals surface area contributed by atoms with E-state index in [1.165, 1.54) is 32.1 Å². The van der Waals surface area contributed by atoms with Crippen LogP contribution in [0.25, 0.3) is 10.9 Å². The first-order chi connectivity index (χ1) is 12.6. The van der Waals surface area contributed by atoms with Gasteiger partial charge in [-0.05, 0) is 26.0 Å². The molecule has 140 valence electrons. The van der Waals surface area contributed by atoms with E-state index in [2.05, 4.69) is 23.8 Å². The summed E-state index contributed by atoms with van der Waals surface area (Å²) in [7, 11) is 2.20. The van der Waals surface area contributed by atoms with Crippen molar-refractivity contribution in [1.29, 1.82) is 0 Å². The lowest BCUT2D eigenvalue weighted by atomic mass is 9.94. The van der Waals surface area contributed by atoms with Gasteiger partial charge in [0, 0.05) is 42.5 Å². The molecule has 0 atom stereocenters. The van der Waals surface area contributed by atoms with Crippen molar-refractivity contribution in [3.8, 4) is 0 Å². The highest BCUT2D eigenvalue weighted by Crippen LogP contribution is 2.26. The number of nitrogens with one attached hydrogen (secondary N) is 1. The zero-order valence-electron chi connectivity index (χ0n) is 15.5. The fourth-order valence-corrected chi connectivity index (χ4v) is 3.89. The van der Waals surface area contributed by atoms with E-state index in [0.717, 1.165) is 24.2 Å². The highest BCUT2D eigenvalue weighted by Gasteiger charge is 2.18. The molecule has 1 aliphatic carbocycles. The van der Waals surface area contributed by atoms with Gasteiger partial charge in [0.15, 0.2) is 0 Å². The van der Waals surface area contributed by atoms with Crippen LogP contribution in [0, 0.1) is 10.1 Å². The maximum Gasteiger partial charge on any atom is 0.293 e. The molecule has 3 rings (SSSR count). The number of nitrogens with zero attached hydrogens (tertiary/aromatic N) is 3. The molecular formula is C20H28N4O2. The van der Waals surface area contributed by atoms with Gasteiger partial charge in [-0.3, -0.25) is 10.1 Å². The Bertz CT molecular complexity index is 777. The highest BCUT2D eigenvalue weighted by molar-refractivity contribution is 5.88. The Morgan fingerprint density at radius 1 is 1.35 bits per heavy atom. The van der Waals surface area contributed by atoms with Crippen LogP contribution in [0.4, 0.5) is 5.69 Å². The molecule has 1 saturated carbocycles. The number of aromatic nitrogens is 1. The Morgan fingerprint density at radius 2 is 2.12 bits per heavy atom. The number of rotatable bonds is 8. The van der Waals surface area contributed by atoms with Crippen molar-refractivity contribution in [2.24, 2.45) is 0 Å². The zero-order chi connectivity index (χ0) is 18.5. The largest absolute Gasteiger partial charge is 0.386 e. The number of hydrogen-bond acceptors (Lipinski definition) is 4. The SMILES string of the molecule is C=C(Cn1ccc2cccc([N+](=O)[O-])c21)NCCN(C)C1CCCCC1. The molecule has 0 bridgehead atoms. The van der Waals surface area contributed by atoms with E-state index in [9.17, 15) is 10.1 Å². The number of non-ortho nitro benzene ring substituents is 1. The summed E-state index contributed by atoms with van der Waals surface area (Å²) in [6, 6.07) is 7.78.